The molecule has 0 saturated heterocycles. The van der Waals surface area contributed by atoms with Gasteiger partial charge in [0.05, 0.1) is 11.3 Å². The lowest BCUT2D eigenvalue weighted by Gasteiger charge is -2.20. The maximum Gasteiger partial charge on any atom is 0.325 e. The highest BCUT2D eigenvalue weighted by molar-refractivity contribution is 6.31. The number of nitriles is 1. The minimum absolute atomic E-state index is 0.0490. The van der Waals surface area contributed by atoms with Crippen molar-refractivity contribution in [1.82, 2.24) is 5.32 Å². The monoisotopic (exact) mass is 377 g/mol. The highest BCUT2D eigenvalue weighted by Gasteiger charge is 2.21. The van der Waals surface area contributed by atoms with Crippen LogP contribution in [0.15, 0.2) is 18.2 Å². The first-order chi connectivity index (χ1) is 12.5. The van der Waals surface area contributed by atoms with Crippen molar-refractivity contribution in [2.45, 2.75) is 32.1 Å². The molecule has 2 amide bonds. The number of carbonyl (C=O) groups is 3. The summed E-state index contributed by atoms with van der Waals surface area (Å²) in [6.45, 7) is -0.793. The van der Waals surface area contributed by atoms with Gasteiger partial charge in [0.1, 0.15) is 12.6 Å². The van der Waals surface area contributed by atoms with Gasteiger partial charge in [0.2, 0.25) is 5.91 Å². The second-order valence-corrected chi connectivity index (χ2v) is 6.50. The maximum atomic E-state index is 11.9. The Hall–Kier alpha value is -2.59. The quantitative estimate of drug-likeness (QED) is 0.740. The summed E-state index contributed by atoms with van der Waals surface area (Å²) in [5.41, 5.74) is 0.487. The molecule has 0 heterocycles. The Labute approximate surface area is 156 Å². The summed E-state index contributed by atoms with van der Waals surface area (Å²) in [4.78, 5) is 35.5. The normalized spacial score (nSPS) is 14.2. The van der Waals surface area contributed by atoms with Gasteiger partial charge in [-0.05, 0) is 31.0 Å². The first kappa shape index (κ1) is 19.7. The van der Waals surface area contributed by atoms with E-state index >= 15 is 0 Å². The minimum Gasteiger partial charge on any atom is -0.454 e. The molecule has 7 nitrogen and oxygen atoms in total. The van der Waals surface area contributed by atoms with E-state index in [9.17, 15) is 14.4 Å². The Balaban J connectivity index is 1.73. The van der Waals surface area contributed by atoms with E-state index in [1.165, 1.54) is 18.2 Å². The fourth-order valence-corrected chi connectivity index (χ4v) is 2.94. The van der Waals surface area contributed by atoms with Crippen LogP contribution < -0.4 is 10.6 Å². The minimum atomic E-state index is -0.698. The van der Waals surface area contributed by atoms with Crippen molar-refractivity contribution in [2.24, 2.45) is 5.92 Å². The molecule has 0 aromatic heterocycles. The lowest BCUT2D eigenvalue weighted by Crippen LogP contribution is -2.36. The van der Waals surface area contributed by atoms with Crippen LogP contribution in [0.3, 0.4) is 0 Å². The van der Waals surface area contributed by atoms with E-state index < -0.39 is 18.5 Å². The van der Waals surface area contributed by atoms with Gasteiger partial charge in [0, 0.05) is 10.9 Å². The Morgan fingerprint density at radius 2 is 1.96 bits per heavy atom. The van der Waals surface area contributed by atoms with Gasteiger partial charge in [-0.15, -0.1) is 0 Å². The summed E-state index contributed by atoms with van der Waals surface area (Å²) in [6.07, 6.45) is 4.86. The molecule has 2 rings (SSSR count). The number of ether oxygens (including phenoxy) is 1. The number of hydrogen-bond donors (Lipinski definition) is 2. The summed E-state index contributed by atoms with van der Waals surface area (Å²) < 4.78 is 4.84. The highest BCUT2D eigenvalue weighted by atomic mass is 35.5. The number of rotatable bonds is 6. The van der Waals surface area contributed by atoms with Crippen molar-refractivity contribution >= 4 is 35.1 Å². The van der Waals surface area contributed by atoms with Crippen LogP contribution in [0.1, 0.15) is 37.7 Å². The van der Waals surface area contributed by atoms with Crippen LogP contribution >= 0.6 is 11.6 Å². The van der Waals surface area contributed by atoms with Gasteiger partial charge in [-0.25, -0.2) is 0 Å². The second kappa shape index (κ2) is 9.78. The van der Waals surface area contributed by atoms with Gasteiger partial charge in [0.25, 0.3) is 5.91 Å². The molecule has 1 aliphatic rings. The summed E-state index contributed by atoms with van der Waals surface area (Å²) in [6, 6.07) is 6.37. The van der Waals surface area contributed by atoms with Gasteiger partial charge in [-0.3, -0.25) is 14.4 Å². The van der Waals surface area contributed by atoms with E-state index in [1.54, 1.807) is 0 Å². The standard InChI is InChI=1S/C18H20ClN3O4/c19-14-7-6-13(9-20)15(8-14)22-16(23)11-26-17(24)10-21-18(25)12-4-2-1-3-5-12/h6-8,12H,1-5,10-11H2,(H,21,25)(H,22,23). The van der Waals surface area contributed by atoms with Crippen LogP contribution in [-0.4, -0.2) is 30.9 Å². The first-order valence-corrected chi connectivity index (χ1v) is 8.80. The van der Waals surface area contributed by atoms with Crippen LogP contribution in [0.25, 0.3) is 0 Å². The van der Waals surface area contributed by atoms with E-state index in [1.807, 2.05) is 6.07 Å². The van der Waals surface area contributed by atoms with Crippen LogP contribution in [0.4, 0.5) is 5.69 Å². The van der Waals surface area contributed by atoms with Crippen LogP contribution in [0, 0.1) is 17.2 Å². The van der Waals surface area contributed by atoms with Crippen molar-refractivity contribution in [3.8, 4) is 6.07 Å². The summed E-state index contributed by atoms with van der Waals surface area (Å²) in [7, 11) is 0. The molecule has 1 aromatic carbocycles. The van der Waals surface area contributed by atoms with E-state index in [0.717, 1.165) is 32.1 Å². The third kappa shape index (κ3) is 6.05. The molecule has 138 valence electrons. The molecule has 2 N–H and O–H groups in total. The van der Waals surface area contributed by atoms with E-state index in [0.29, 0.717) is 5.02 Å². The number of halogens is 1. The SMILES string of the molecule is N#Cc1ccc(Cl)cc1NC(=O)COC(=O)CNC(=O)C1CCCCC1. The van der Waals surface area contributed by atoms with Gasteiger partial charge in [-0.2, -0.15) is 5.26 Å². The third-order valence-electron chi connectivity index (χ3n) is 4.12. The van der Waals surface area contributed by atoms with Crippen molar-refractivity contribution in [3.63, 3.8) is 0 Å². The van der Waals surface area contributed by atoms with Crippen molar-refractivity contribution in [3.05, 3.63) is 28.8 Å². The molecule has 1 aliphatic carbocycles. The molecule has 0 unspecified atom stereocenters. The number of nitrogens with zero attached hydrogens (tertiary/aromatic N) is 1. The molecule has 0 spiro atoms. The smallest absolute Gasteiger partial charge is 0.325 e. The lowest BCUT2D eigenvalue weighted by atomic mass is 9.89. The Bertz CT molecular complexity index is 724. The predicted octanol–water partition coefficient (Wildman–Crippen LogP) is 2.39. The molecule has 0 radical (unpaired) electrons. The highest BCUT2D eigenvalue weighted by Crippen LogP contribution is 2.23. The van der Waals surface area contributed by atoms with Gasteiger partial charge in [0.15, 0.2) is 6.61 Å². The number of benzene rings is 1. The molecule has 1 fully saturated rings. The molecular formula is C18H20ClN3O4. The predicted molar refractivity (Wildman–Crippen MR) is 95.3 cm³/mol. The molecule has 0 bridgehead atoms. The van der Waals surface area contributed by atoms with Crippen LogP contribution in [-0.2, 0) is 19.1 Å². The van der Waals surface area contributed by atoms with Crippen molar-refractivity contribution in [2.75, 3.05) is 18.5 Å². The van der Waals surface area contributed by atoms with Crippen LogP contribution in [0.5, 0.6) is 0 Å². The first-order valence-electron chi connectivity index (χ1n) is 8.42. The average molecular weight is 378 g/mol. The Morgan fingerprint density at radius 3 is 2.65 bits per heavy atom. The summed E-state index contributed by atoms with van der Waals surface area (Å²) >= 11 is 5.83. The zero-order valence-electron chi connectivity index (χ0n) is 14.2. The number of hydrogen-bond acceptors (Lipinski definition) is 5. The maximum absolute atomic E-state index is 11.9. The number of nitrogens with one attached hydrogen (secondary N) is 2. The van der Waals surface area contributed by atoms with Crippen molar-refractivity contribution in [1.29, 1.82) is 5.26 Å². The lowest BCUT2D eigenvalue weighted by molar-refractivity contribution is -0.147. The number of anilines is 1. The van der Waals surface area contributed by atoms with Crippen molar-refractivity contribution < 1.29 is 19.1 Å². The molecule has 8 heteroatoms. The number of esters is 1. The third-order valence-corrected chi connectivity index (χ3v) is 4.36. The second-order valence-electron chi connectivity index (χ2n) is 6.06. The molecule has 26 heavy (non-hydrogen) atoms. The largest absolute Gasteiger partial charge is 0.454 e. The van der Waals surface area contributed by atoms with Gasteiger partial charge >= 0.3 is 5.97 Å². The molecular weight excluding hydrogens is 358 g/mol. The molecule has 1 aromatic rings. The van der Waals surface area contributed by atoms with Gasteiger partial charge in [-0.1, -0.05) is 30.9 Å². The number of amides is 2. The average Bonchev–Trinajstić information content (AvgIpc) is 2.65. The summed E-state index contributed by atoms with van der Waals surface area (Å²) in [5, 5.41) is 14.4. The zero-order chi connectivity index (χ0) is 18.9. The van der Waals surface area contributed by atoms with E-state index in [-0.39, 0.29) is 29.6 Å². The molecule has 0 atom stereocenters. The number of carbonyl (C=O) groups excluding carboxylic acids is 3. The molecule has 0 aliphatic heterocycles. The van der Waals surface area contributed by atoms with E-state index in [4.69, 9.17) is 21.6 Å². The van der Waals surface area contributed by atoms with Gasteiger partial charge < -0.3 is 15.4 Å². The zero-order valence-corrected chi connectivity index (χ0v) is 15.0. The Kier molecular flexibility index (Phi) is 7.42. The summed E-state index contributed by atoms with van der Waals surface area (Å²) in [5.74, 6) is -1.50. The molecule has 1 saturated carbocycles. The fourth-order valence-electron chi connectivity index (χ4n) is 2.77. The van der Waals surface area contributed by atoms with Crippen LogP contribution in [0.2, 0.25) is 5.02 Å². The Morgan fingerprint density at radius 1 is 1.23 bits per heavy atom. The van der Waals surface area contributed by atoms with E-state index in [2.05, 4.69) is 10.6 Å². The fraction of sp³-hybridized carbons (Fsp3) is 0.444. The topological polar surface area (TPSA) is 108 Å².